The summed E-state index contributed by atoms with van der Waals surface area (Å²) in [5, 5.41) is 0.767. The van der Waals surface area contributed by atoms with Crippen LogP contribution in [0.3, 0.4) is 0 Å². The summed E-state index contributed by atoms with van der Waals surface area (Å²) < 4.78 is 0. The molecule has 2 N–H and O–H groups in total. The standard InChI is InChI=1S/C10H12BrNO/c1-7(13)2-8-3-9(6-11)5-10(12)4-8/h3-5H,2,6,12H2,1H3. The Balaban J connectivity index is 2.94. The maximum absolute atomic E-state index is 10.9. The van der Waals surface area contributed by atoms with E-state index in [2.05, 4.69) is 15.9 Å². The van der Waals surface area contributed by atoms with Crippen LogP contribution in [-0.4, -0.2) is 5.78 Å². The van der Waals surface area contributed by atoms with Gasteiger partial charge in [-0.3, -0.25) is 4.79 Å². The molecule has 0 spiro atoms. The molecule has 0 bridgehead atoms. The predicted octanol–water partition coefficient (Wildman–Crippen LogP) is 2.30. The molecule has 13 heavy (non-hydrogen) atoms. The number of nitrogens with two attached hydrogens (primary N) is 1. The lowest BCUT2D eigenvalue weighted by atomic mass is 10.1. The van der Waals surface area contributed by atoms with Crippen molar-refractivity contribution in [3.05, 3.63) is 29.3 Å². The lowest BCUT2D eigenvalue weighted by molar-refractivity contribution is -0.116. The smallest absolute Gasteiger partial charge is 0.134 e. The highest BCUT2D eigenvalue weighted by Crippen LogP contribution is 2.15. The van der Waals surface area contributed by atoms with E-state index in [9.17, 15) is 4.79 Å². The molecule has 1 rings (SSSR count). The molecule has 0 aliphatic carbocycles. The molecule has 0 amide bonds. The van der Waals surface area contributed by atoms with Crippen molar-refractivity contribution in [2.24, 2.45) is 0 Å². The number of carbonyl (C=O) groups is 1. The summed E-state index contributed by atoms with van der Waals surface area (Å²) >= 11 is 3.35. The van der Waals surface area contributed by atoms with E-state index < -0.39 is 0 Å². The molecule has 0 saturated carbocycles. The fourth-order valence-electron chi connectivity index (χ4n) is 1.26. The van der Waals surface area contributed by atoms with E-state index in [0.717, 1.165) is 16.5 Å². The van der Waals surface area contributed by atoms with Gasteiger partial charge in [-0.1, -0.05) is 22.0 Å². The molecule has 0 aliphatic rings. The Morgan fingerprint density at radius 2 is 2.00 bits per heavy atom. The van der Waals surface area contributed by atoms with Crippen LogP contribution in [0.5, 0.6) is 0 Å². The van der Waals surface area contributed by atoms with Crippen molar-refractivity contribution in [2.75, 3.05) is 5.73 Å². The highest BCUT2D eigenvalue weighted by atomic mass is 79.9. The Bertz CT molecular complexity index is 323. The summed E-state index contributed by atoms with van der Waals surface area (Å²) in [6, 6.07) is 5.73. The molecule has 0 unspecified atom stereocenters. The number of alkyl halides is 1. The summed E-state index contributed by atoms with van der Waals surface area (Å²) in [6.07, 6.45) is 0.463. The maximum atomic E-state index is 10.9. The van der Waals surface area contributed by atoms with Gasteiger partial charge >= 0.3 is 0 Å². The topological polar surface area (TPSA) is 43.1 Å². The molecule has 2 nitrogen and oxygen atoms in total. The van der Waals surface area contributed by atoms with Gasteiger partial charge in [-0.15, -0.1) is 0 Å². The van der Waals surface area contributed by atoms with Gasteiger partial charge in [-0.2, -0.15) is 0 Å². The average molecular weight is 242 g/mol. The van der Waals surface area contributed by atoms with Crippen LogP contribution >= 0.6 is 15.9 Å². The van der Waals surface area contributed by atoms with Crippen LogP contribution in [0, 0.1) is 0 Å². The fraction of sp³-hybridized carbons (Fsp3) is 0.300. The Labute approximate surface area is 86.3 Å². The van der Waals surface area contributed by atoms with Crippen molar-refractivity contribution in [2.45, 2.75) is 18.7 Å². The van der Waals surface area contributed by atoms with Gasteiger partial charge in [0, 0.05) is 17.4 Å². The van der Waals surface area contributed by atoms with Crippen molar-refractivity contribution in [3.63, 3.8) is 0 Å². The van der Waals surface area contributed by atoms with Crippen molar-refractivity contribution in [3.8, 4) is 0 Å². The van der Waals surface area contributed by atoms with Gasteiger partial charge in [-0.05, 0) is 30.2 Å². The number of Topliss-reactive ketones (excluding diaryl/α,β-unsaturated/α-hetero) is 1. The molecule has 0 aromatic heterocycles. The molecule has 0 saturated heterocycles. The lowest BCUT2D eigenvalue weighted by Crippen LogP contribution is -1.98. The number of halogens is 1. The number of nitrogen functional groups attached to an aromatic ring is 1. The Morgan fingerprint density at radius 1 is 1.38 bits per heavy atom. The van der Waals surface area contributed by atoms with Crippen molar-refractivity contribution in [1.82, 2.24) is 0 Å². The zero-order valence-corrected chi connectivity index (χ0v) is 9.10. The minimum atomic E-state index is 0.158. The normalized spacial score (nSPS) is 10.0. The van der Waals surface area contributed by atoms with Gasteiger partial charge in [0.2, 0.25) is 0 Å². The second kappa shape index (κ2) is 4.42. The van der Waals surface area contributed by atoms with Crippen LogP contribution in [0.1, 0.15) is 18.1 Å². The minimum Gasteiger partial charge on any atom is -0.399 e. The van der Waals surface area contributed by atoms with Crippen LogP contribution in [0.4, 0.5) is 5.69 Å². The SMILES string of the molecule is CC(=O)Cc1cc(N)cc(CBr)c1. The van der Waals surface area contributed by atoms with Crippen molar-refractivity contribution < 1.29 is 4.79 Å². The quantitative estimate of drug-likeness (QED) is 0.652. The molecule has 3 heteroatoms. The van der Waals surface area contributed by atoms with Gasteiger partial charge in [-0.25, -0.2) is 0 Å². The van der Waals surface area contributed by atoms with E-state index in [1.54, 1.807) is 6.92 Å². The van der Waals surface area contributed by atoms with Gasteiger partial charge in [0.05, 0.1) is 0 Å². The average Bonchev–Trinajstić information content (AvgIpc) is 2.01. The van der Waals surface area contributed by atoms with E-state index in [-0.39, 0.29) is 5.78 Å². The number of rotatable bonds is 3. The van der Waals surface area contributed by atoms with E-state index in [0.29, 0.717) is 12.1 Å². The number of ketones is 1. The molecular weight excluding hydrogens is 230 g/mol. The molecule has 0 fully saturated rings. The van der Waals surface area contributed by atoms with Crippen LogP contribution in [0.15, 0.2) is 18.2 Å². The van der Waals surface area contributed by atoms with Crippen LogP contribution in [-0.2, 0) is 16.5 Å². The van der Waals surface area contributed by atoms with Crippen LogP contribution < -0.4 is 5.73 Å². The fourth-order valence-corrected chi connectivity index (χ4v) is 1.58. The van der Waals surface area contributed by atoms with Crippen molar-refractivity contribution >= 4 is 27.4 Å². The summed E-state index contributed by atoms with van der Waals surface area (Å²) in [5.41, 5.74) is 8.49. The van der Waals surface area contributed by atoms with Gasteiger partial charge < -0.3 is 5.73 Å². The first kappa shape index (κ1) is 10.3. The molecule has 1 aromatic rings. The molecule has 0 radical (unpaired) electrons. The zero-order chi connectivity index (χ0) is 9.84. The van der Waals surface area contributed by atoms with Crippen molar-refractivity contribution in [1.29, 1.82) is 0 Å². The summed E-state index contributed by atoms with van der Waals surface area (Å²) in [4.78, 5) is 10.9. The molecule has 0 heterocycles. The first-order valence-corrected chi connectivity index (χ1v) is 5.17. The zero-order valence-electron chi connectivity index (χ0n) is 7.51. The summed E-state index contributed by atoms with van der Waals surface area (Å²) in [6.45, 7) is 1.58. The van der Waals surface area contributed by atoms with Gasteiger partial charge in [0.1, 0.15) is 5.78 Å². The van der Waals surface area contributed by atoms with E-state index >= 15 is 0 Å². The third kappa shape index (κ3) is 3.19. The Kier molecular flexibility index (Phi) is 3.48. The lowest BCUT2D eigenvalue weighted by Gasteiger charge is -2.03. The van der Waals surface area contributed by atoms with Crippen LogP contribution in [0.25, 0.3) is 0 Å². The summed E-state index contributed by atoms with van der Waals surface area (Å²) in [7, 11) is 0. The third-order valence-corrected chi connectivity index (χ3v) is 2.33. The second-order valence-electron chi connectivity index (χ2n) is 3.10. The Morgan fingerprint density at radius 3 is 2.54 bits per heavy atom. The number of hydrogen-bond acceptors (Lipinski definition) is 2. The largest absolute Gasteiger partial charge is 0.399 e. The molecule has 0 atom stereocenters. The number of benzene rings is 1. The maximum Gasteiger partial charge on any atom is 0.134 e. The molecular formula is C10H12BrNO. The van der Waals surface area contributed by atoms with E-state index in [1.807, 2.05) is 18.2 Å². The van der Waals surface area contributed by atoms with E-state index in [4.69, 9.17) is 5.73 Å². The Hall–Kier alpha value is -0.830. The second-order valence-corrected chi connectivity index (χ2v) is 3.66. The molecule has 1 aromatic carbocycles. The summed E-state index contributed by atoms with van der Waals surface area (Å²) in [5.74, 6) is 0.158. The van der Waals surface area contributed by atoms with Gasteiger partial charge in [0.15, 0.2) is 0 Å². The predicted molar refractivity (Wildman–Crippen MR) is 57.9 cm³/mol. The highest BCUT2D eigenvalue weighted by Gasteiger charge is 2.00. The number of hydrogen-bond donors (Lipinski definition) is 1. The molecule has 70 valence electrons. The molecule has 0 aliphatic heterocycles. The van der Waals surface area contributed by atoms with Gasteiger partial charge in [0.25, 0.3) is 0 Å². The monoisotopic (exact) mass is 241 g/mol. The first-order chi connectivity index (χ1) is 6.11. The number of anilines is 1. The third-order valence-electron chi connectivity index (χ3n) is 1.68. The minimum absolute atomic E-state index is 0.158. The van der Waals surface area contributed by atoms with E-state index in [1.165, 1.54) is 0 Å². The first-order valence-electron chi connectivity index (χ1n) is 4.05. The number of carbonyl (C=O) groups excluding carboxylic acids is 1. The highest BCUT2D eigenvalue weighted by molar-refractivity contribution is 9.08. The van der Waals surface area contributed by atoms with Crippen LogP contribution in [0.2, 0.25) is 0 Å².